The van der Waals surface area contributed by atoms with Crippen LogP contribution in [0.5, 0.6) is 11.5 Å². The number of aryl methyl sites for hydroxylation is 2. The first-order chi connectivity index (χ1) is 11.7. The van der Waals surface area contributed by atoms with Crippen molar-refractivity contribution in [3.63, 3.8) is 0 Å². The summed E-state index contributed by atoms with van der Waals surface area (Å²) in [6.07, 6.45) is -3.68. The Kier molecular flexibility index (Phi) is 4.23. The van der Waals surface area contributed by atoms with Crippen molar-refractivity contribution in [3.8, 4) is 11.5 Å². The number of aromatic nitrogens is 2. The summed E-state index contributed by atoms with van der Waals surface area (Å²) in [6, 6.07) is 5.35. The fourth-order valence-electron chi connectivity index (χ4n) is 2.58. The second-order valence-electron chi connectivity index (χ2n) is 5.94. The Morgan fingerprint density at radius 3 is 2.68 bits per heavy atom. The van der Waals surface area contributed by atoms with E-state index in [4.69, 9.17) is 0 Å². The summed E-state index contributed by atoms with van der Waals surface area (Å²) < 4.78 is 36.5. The van der Waals surface area contributed by atoms with Gasteiger partial charge < -0.3 is 20.1 Å². The largest absolute Gasteiger partial charge is 0.586 e. The zero-order chi connectivity index (χ0) is 18.2. The van der Waals surface area contributed by atoms with Crippen LogP contribution < -0.4 is 20.1 Å². The number of ether oxygens (including phenoxy) is 2. The molecule has 2 aromatic rings. The van der Waals surface area contributed by atoms with Crippen molar-refractivity contribution >= 4 is 11.7 Å². The lowest BCUT2D eigenvalue weighted by Gasteiger charge is -2.15. The molecule has 7 nitrogen and oxygen atoms in total. The summed E-state index contributed by atoms with van der Waals surface area (Å²) in [5.41, 5.74) is 2.23. The van der Waals surface area contributed by atoms with Crippen LogP contribution in [0.25, 0.3) is 0 Å². The number of anilines is 1. The van der Waals surface area contributed by atoms with Gasteiger partial charge in [0.15, 0.2) is 11.5 Å². The Bertz CT molecular complexity index is 807. The number of urea groups is 1. The standard InChI is InChI=1S/C16H18F2N4O3/c1-9-6-11(3)22(21-9)8-10(2)19-15(23)20-12-4-5-13-14(7-12)25-16(17,18)24-13/h4-7,10H,8H2,1-3H3,(H2,19,20,23). The Morgan fingerprint density at radius 1 is 1.28 bits per heavy atom. The van der Waals surface area contributed by atoms with Crippen LogP contribution in [-0.2, 0) is 6.54 Å². The summed E-state index contributed by atoms with van der Waals surface area (Å²) in [5.74, 6) is -0.202. The van der Waals surface area contributed by atoms with E-state index in [9.17, 15) is 13.6 Å². The van der Waals surface area contributed by atoms with Crippen LogP contribution >= 0.6 is 0 Å². The van der Waals surface area contributed by atoms with Crippen molar-refractivity contribution in [1.29, 1.82) is 0 Å². The first-order valence-corrected chi connectivity index (χ1v) is 7.70. The zero-order valence-electron chi connectivity index (χ0n) is 14.0. The number of nitrogens with one attached hydrogen (secondary N) is 2. The van der Waals surface area contributed by atoms with Gasteiger partial charge in [0.25, 0.3) is 0 Å². The van der Waals surface area contributed by atoms with E-state index < -0.39 is 12.3 Å². The number of halogens is 2. The number of carbonyl (C=O) groups is 1. The van der Waals surface area contributed by atoms with Crippen molar-refractivity contribution < 1.29 is 23.0 Å². The molecule has 1 unspecified atom stereocenters. The number of hydrogen-bond donors (Lipinski definition) is 2. The lowest BCUT2D eigenvalue weighted by Crippen LogP contribution is -2.38. The molecular weight excluding hydrogens is 334 g/mol. The number of nitrogens with zero attached hydrogens (tertiary/aromatic N) is 2. The molecule has 1 aromatic carbocycles. The topological polar surface area (TPSA) is 77.4 Å². The fraction of sp³-hybridized carbons (Fsp3) is 0.375. The maximum absolute atomic E-state index is 13.0. The molecule has 1 aliphatic heterocycles. The maximum Gasteiger partial charge on any atom is 0.586 e. The molecule has 2 heterocycles. The monoisotopic (exact) mass is 352 g/mol. The van der Waals surface area contributed by atoms with Gasteiger partial charge >= 0.3 is 12.3 Å². The Balaban J connectivity index is 1.57. The predicted octanol–water partition coefficient (Wildman–Crippen LogP) is 3.03. The highest BCUT2D eigenvalue weighted by Crippen LogP contribution is 2.42. The van der Waals surface area contributed by atoms with Gasteiger partial charge in [-0.1, -0.05) is 0 Å². The van der Waals surface area contributed by atoms with E-state index in [2.05, 4.69) is 25.2 Å². The Labute approximate surface area is 142 Å². The SMILES string of the molecule is Cc1cc(C)n(CC(C)NC(=O)Nc2ccc3c(c2)OC(F)(F)O3)n1. The molecular formula is C16H18F2N4O3. The molecule has 2 amide bonds. The molecule has 134 valence electrons. The highest BCUT2D eigenvalue weighted by Gasteiger charge is 2.43. The lowest BCUT2D eigenvalue weighted by molar-refractivity contribution is -0.286. The van der Waals surface area contributed by atoms with Crippen LogP contribution in [0.4, 0.5) is 19.3 Å². The van der Waals surface area contributed by atoms with Gasteiger partial charge in [-0.25, -0.2) is 4.79 Å². The number of benzene rings is 1. The van der Waals surface area contributed by atoms with Crippen molar-refractivity contribution in [1.82, 2.24) is 15.1 Å². The molecule has 9 heteroatoms. The van der Waals surface area contributed by atoms with Gasteiger partial charge in [-0.15, -0.1) is 8.78 Å². The van der Waals surface area contributed by atoms with Crippen molar-refractivity contribution in [2.45, 2.75) is 39.7 Å². The minimum atomic E-state index is -3.68. The summed E-state index contributed by atoms with van der Waals surface area (Å²) in [4.78, 5) is 12.1. The molecule has 0 saturated heterocycles. The molecule has 2 N–H and O–H groups in total. The normalized spacial score (nSPS) is 15.7. The first-order valence-electron chi connectivity index (χ1n) is 7.70. The second-order valence-corrected chi connectivity index (χ2v) is 5.94. The van der Waals surface area contributed by atoms with E-state index >= 15 is 0 Å². The molecule has 0 spiro atoms. The van der Waals surface area contributed by atoms with Crippen LogP contribution in [0.2, 0.25) is 0 Å². The molecule has 3 rings (SSSR count). The number of hydrogen-bond acceptors (Lipinski definition) is 4. The third kappa shape index (κ3) is 3.98. The average molecular weight is 352 g/mol. The molecule has 0 aliphatic carbocycles. The van der Waals surface area contributed by atoms with Gasteiger partial charge in [-0.05, 0) is 39.0 Å². The second kappa shape index (κ2) is 6.23. The van der Waals surface area contributed by atoms with E-state index in [-0.39, 0.29) is 17.5 Å². The lowest BCUT2D eigenvalue weighted by atomic mass is 10.3. The van der Waals surface area contributed by atoms with E-state index in [1.807, 2.05) is 31.5 Å². The van der Waals surface area contributed by atoms with Gasteiger partial charge in [-0.3, -0.25) is 4.68 Å². The molecule has 0 radical (unpaired) electrons. The van der Waals surface area contributed by atoms with E-state index in [0.29, 0.717) is 12.2 Å². The van der Waals surface area contributed by atoms with Gasteiger partial charge in [0, 0.05) is 23.5 Å². The number of amides is 2. The van der Waals surface area contributed by atoms with Crippen LogP contribution in [-0.4, -0.2) is 28.1 Å². The molecule has 1 atom stereocenters. The van der Waals surface area contributed by atoms with Crippen LogP contribution in [0.3, 0.4) is 0 Å². The number of carbonyl (C=O) groups excluding carboxylic acids is 1. The average Bonchev–Trinajstić information content (AvgIpc) is 2.95. The Morgan fingerprint density at radius 2 is 2.00 bits per heavy atom. The zero-order valence-corrected chi connectivity index (χ0v) is 14.0. The van der Waals surface area contributed by atoms with Crippen LogP contribution in [0, 0.1) is 13.8 Å². The smallest absolute Gasteiger partial charge is 0.395 e. The quantitative estimate of drug-likeness (QED) is 0.887. The highest BCUT2D eigenvalue weighted by molar-refractivity contribution is 5.89. The van der Waals surface area contributed by atoms with Crippen LogP contribution in [0.15, 0.2) is 24.3 Å². The molecule has 1 aromatic heterocycles. The van der Waals surface area contributed by atoms with Crippen molar-refractivity contribution in [3.05, 3.63) is 35.7 Å². The summed E-state index contributed by atoms with van der Waals surface area (Å²) in [5, 5.41) is 9.68. The third-order valence-electron chi connectivity index (χ3n) is 3.59. The first kappa shape index (κ1) is 17.0. The highest BCUT2D eigenvalue weighted by atomic mass is 19.3. The minimum Gasteiger partial charge on any atom is -0.395 e. The van der Waals surface area contributed by atoms with Crippen LogP contribution in [0.1, 0.15) is 18.3 Å². The van der Waals surface area contributed by atoms with Gasteiger partial charge in [0.1, 0.15) is 0 Å². The predicted molar refractivity (Wildman–Crippen MR) is 86.0 cm³/mol. The van der Waals surface area contributed by atoms with Crippen molar-refractivity contribution in [2.75, 3.05) is 5.32 Å². The molecule has 1 aliphatic rings. The summed E-state index contributed by atoms with van der Waals surface area (Å²) >= 11 is 0. The van der Waals surface area contributed by atoms with Crippen molar-refractivity contribution in [2.24, 2.45) is 0 Å². The summed E-state index contributed by atoms with van der Waals surface area (Å²) in [7, 11) is 0. The van der Waals surface area contributed by atoms with E-state index in [1.165, 1.54) is 18.2 Å². The molecule has 0 saturated carbocycles. The van der Waals surface area contributed by atoms with Gasteiger partial charge in [0.05, 0.1) is 12.2 Å². The van der Waals surface area contributed by atoms with E-state index in [1.54, 1.807) is 0 Å². The summed E-state index contributed by atoms with van der Waals surface area (Å²) in [6.45, 7) is 6.20. The fourth-order valence-corrected chi connectivity index (χ4v) is 2.58. The minimum absolute atomic E-state index is 0.0751. The number of fused-ring (bicyclic) bond motifs is 1. The third-order valence-corrected chi connectivity index (χ3v) is 3.59. The van der Waals surface area contributed by atoms with Gasteiger partial charge in [0.2, 0.25) is 0 Å². The number of rotatable bonds is 4. The molecule has 0 bridgehead atoms. The maximum atomic E-state index is 13.0. The molecule has 0 fully saturated rings. The Hall–Kier alpha value is -2.84. The number of alkyl halides is 2. The van der Waals surface area contributed by atoms with Gasteiger partial charge in [-0.2, -0.15) is 5.10 Å². The molecule has 25 heavy (non-hydrogen) atoms. The van der Waals surface area contributed by atoms with E-state index in [0.717, 1.165) is 11.4 Å².